The molecule has 2 rings (SSSR count). The van der Waals surface area contributed by atoms with Gasteiger partial charge in [0.2, 0.25) is 0 Å². The lowest BCUT2D eigenvalue weighted by atomic mass is 10.4. The van der Waals surface area contributed by atoms with Gasteiger partial charge in [0.1, 0.15) is 0 Å². The van der Waals surface area contributed by atoms with E-state index in [1.54, 1.807) is 6.07 Å². The molecule has 0 aliphatic rings. The van der Waals surface area contributed by atoms with Crippen LogP contribution in [0.2, 0.25) is 0 Å². The van der Waals surface area contributed by atoms with Crippen LogP contribution in [0.1, 0.15) is 16.2 Å². The largest absolute Gasteiger partial charge is 0.476 e. The smallest absolute Gasteiger partial charge is 0.358 e. The molecule has 0 aliphatic heterocycles. The highest BCUT2D eigenvalue weighted by molar-refractivity contribution is 5.91. The van der Waals surface area contributed by atoms with E-state index in [4.69, 9.17) is 10.8 Å². The number of hydrogen-bond donors (Lipinski definition) is 2. The predicted octanol–water partition coefficient (Wildman–Crippen LogP) is 0.856. The van der Waals surface area contributed by atoms with E-state index in [1.807, 2.05) is 19.1 Å². The molecule has 0 amide bonds. The monoisotopic (exact) mass is 218 g/mol. The number of anilines is 1. The van der Waals surface area contributed by atoms with Crippen molar-refractivity contribution >= 4 is 11.7 Å². The van der Waals surface area contributed by atoms with Gasteiger partial charge in [0, 0.05) is 5.69 Å². The molecular weight excluding hydrogens is 208 g/mol. The van der Waals surface area contributed by atoms with Crippen LogP contribution in [0.4, 0.5) is 5.69 Å². The number of nitrogens with two attached hydrogens (primary N) is 1. The molecule has 2 heterocycles. The topological polar surface area (TPSA) is 94.0 Å². The number of nitrogen functional groups attached to an aromatic ring is 1. The lowest BCUT2D eigenvalue weighted by molar-refractivity contribution is 0.0691. The van der Waals surface area contributed by atoms with Crippen molar-refractivity contribution in [3.63, 3.8) is 0 Å². The molecule has 82 valence electrons. The summed E-state index contributed by atoms with van der Waals surface area (Å²) in [6.07, 6.45) is 1.44. The number of aromatic nitrogens is 3. The Morgan fingerprint density at radius 1 is 1.50 bits per heavy atom. The van der Waals surface area contributed by atoms with Crippen molar-refractivity contribution in [1.29, 1.82) is 0 Å². The summed E-state index contributed by atoms with van der Waals surface area (Å²) in [5.41, 5.74) is 6.31. The van der Waals surface area contributed by atoms with Crippen LogP contribution in [0.25, 0.3) is 5.82 Å². The van der Waals surface area contributed by atoms with Crippen molar-refractivity contribution in [3.8, 4) is 5.82 Å². The molecule has 3 N–H and O–H groups in total. The molecule has 0 saturated heterocycles. The zero-order valence-corrected chi connectivity index (χ0v) is 8.58. The third kappa shape index (κ3) is 1.72. The molecule has 0 aromatic carbocycles. The van der Waals surface area contributed by atoms with Crippen LogP contribution in [0.5, 0.6) is 0 Å². The predicted molar refractivity (Wildman–Crippen MR) is 57.5 cm³/mol. The molecule has 6 nitrogen and oxygen atoms in total. The highest BCUT2D eigenvalue weighted by Crippen LogP contribution is 2.12. The van der Waals surface area contributed by atoms with E-state index in [1.165, 1.54) is 10.9 Å². The highest BCUT2D eigenvalue weighted by atomic mass is 16.4. The first-order valence-electron chi connectivity index (χ1n) is 4.60. The summed E-state index contributed by atoms with van der Waals surface area (Å²) < 4.78 is 1.35. The number of pyridine rings is 1. The number of hydrogen-bond acceptors (Lipinski definition) is 4. The standard InChI is InChI=1S/C10H10N4O2/c1-6-3-2-4-8(12-6)14-5-7(11)9(13-14)10(15)16/h2-5H,11H2,1H3,(H,15,16). The van der Waals surface area contributed by atoms with E-state index in [-0.39, 0.29) is 11.4 Å². The number of carboxylic acid groups (broad SMARTS) is 1. The molecule has 6 heteroatoms. The molecule has 0 aliphatic carbocycles. The van der Waals surface area contributed by atoms with Gasteiger partial charge in [0.15, 0.2) is 11.5 Å². The zero-order chi connectivity index (χ0) is 11.7. The molecule has 0 bridgehead atoms. The molecule has 0 unspecified atom stereocenters. The van der Waals surface area contributed by atoms with Gasteiger partial charge >= 0.3 is 5.97 Å². The van der Waals surface area contributed by atoms with E-state index in [2.05, 4.69) is 10.1 Å². The van der Waals surface area contributed by atoms with Crippen LogP contribution >= 0.6 is 0 Å². The molecule has 0 fully saturated rings. The lowest BCUT2D eigenvalue weighted by Gasteiger charge is -1.99. The molecule has 16 heavy (non-hydrogen) atoms. The van der Waals surface area contributed by atoms with Crippen LogP contribution in [0.15, 0.2) is 24.4 Å². The summed E-state index contributed by atoms with van der Waals surface area (Å²) >= 11 is 0. The summed E-state index contributed by atoms with van der Waals surface area (Å²) in [6, 6.07) is 5.38. The number of aromatic carboxylic acids is 1. The molecular formula is C10H10N4O2. The second-order valence-electron chi connectivity index (χ2n) is 3.32. The Bertz CT molecular complexity index is 548. The Kier molecular flexibility index (Phi) is 2.32. The average molecular weight is 218 g/mol. The molecule has 2 aromatic rings. The van der Waals surface area contributed by atoms with Crippen LogP contribution in [-0.2, 0) is 0 Å². The summed E-state index contributed by atoms with van der Waals surface area (Å²) in [5.74, 6) is -0.608. The third-order valence-electron chi connectivity index (χ3n) is 2.05. The minimum absolute atomic E-state index is 0.121. The molecule has 0 radical (unpaired) electrons. The average Bonchev–Trinajstić information content (AvgIpc) is 2.60. The second-order valence-corrected chi connectivity index (χ2v) is 3.32. The van der Waals surface area contributed by atoms with Gasteiger partial charge in [-0.1, -0.05) is 6.07 Å². The Morgan fingerprint density at radius 2 is 2.25 bits per heavy atom. The second kappa shape index (κ2) is 3.65. The Hall–Kier alpha value is -2.37. The van der Waals surface area contributed by atoms with E-state index in [0.717, 1.165) is 5.69 Å². The number of nitrogens with zero attached hydrogens (tertiary/aromatic N) is 3. The van der Waals surface area contributed by atoms with Crippen LogP contribution in [0, 0.1) is 6.92 Å². The molecule has 0 saturated carbocycles. The van der Waals surface area contributed by atoms with Crippen molar-refractivity contribution in [3.05, 3.63) is 35.8 Å². The minimum Gasteiger partial charge on any atom is -0.476 e. The zero-order valence-electron chi connectivity index (χ0n) is 8.58. The first-order chi connectivity index (χ1) is 7.58. The van der Waals surface area contributed by atoms with E-state index in [0.29, 0.717) is 5.82 Å². The lowest BCUT2D eigenvalue weighted by Crippen LogP contribution is -2.03. The highest BCUT2D eigenvalue weighted by Gasteiger charge is 2.14. The van der Waals surface area contributed by atoms with Gasteiger partial charge in [0.25, 0.3) is 0 Å². The minimum atomic E-state index is -1.15. The van der Waals surface area contributed by atoms with Crippen molar-refractivity contribution in [1.82, 2.24) is 14.8 Å². The Morgan fingerprint density at radius 3 is 2.81 bits per heavy atom. The SMILES string of the molecule is Cc1cccc(-n2cc(N)c(C(=O)O)n2)n1. The van der Waals surface area contributed by atoms with Gasteiger partial charge in [0.05, 0.1) is 11.9 Å². The number of rotatable bonds is 2. The molecule has 0 atom stereocenters. The fourth-order valence-corrected chi connectivity index (χ4v) is 1.33. The first kappa shape index (κ1) is 10.2. The Balaban J connectivity index is 2.49. The summed E-state index contributed by atoms with van der Waals surface area (Å²) in [5, 5.41) is 12.7. The maximum atomic E-state index is 10.8. The van der Waals surface area contributed by atoms with Crippen molar-refractivity contribution < 1.29 is 9.90 Å². The number of aryl methyl sites for hydroxylation is 1. The van der Waals surface area contributed by atoms with E-state index in [9.17, 15) is 4.79 Å². The first-order valence-corrected chi connectivity index (χ1v) is 4.60. The van der Waals surface area contributed by atoms with Gasteiger partial charge in [-0.3, -0.25) is 0 Å². The van der Waals surface area contributed by atoms with Gasteiger partial charge in [-0.25, -0.2) is 14.5 Å². The van der Waals surface area contributed by atoms with E-state index < -0.39 is 5.97 Å². The molecule has 0 spiro atoms. The van der Waals surface area contributed by atoms with Crippen molar-refractivity contribution in [2.75, 3.05) is 5.73 Å². The maximum absolute atomic E-state index is 10.8. The summed E-state index contributed by atoms with van der Waals surface area (Å²) in [7, 11) is 0. The summed E-state index contributed by atoms with van der Waals surface area (Å²) in [6.45, 7) is 1.84. The van der Waals surface area contributed by atoms with Gasteiger partial charge in [-0.15, -0.1) is 0 Å². The van der Waals surface area contributed by atoms with Crippen molar-refractivity contribution in [2.24, 2.45) is 0 Å². The quantitative estimate of drug-likeness (QED) is 0.779. The van der Waals surface area contributed by atoms with Crippen LogP contribution < -0.4 is 5.73 Å². The van der Waals surface area contributed by atoms with Gasteiger partial charge < -0.3 is 10.8 Å². The van der Waals surface area contributed by atoms with E-state index >= 15 is 0 Å². The van der Waals surface area contributed by atoms with Gasteiger partial charge in [-0.05, 0) is 19.1 Å². The van der Waals surface area contributed by atoms with Crippen molar-refractivity contribution in [2.45, 2.75) is 6.92 Å². The van der Waals surface area contributed by atoms with Crippen LogP contribution in [0.3, 0.4) is 0 Å². The number of carboxylic acids is 1. The maximum Gasteiger partial charge on any atom is 0.358 e. The Labute approximate surface area is 91.3 Å². The number of carbonyl (C=O) groups is 1. The molecule has 2 aromatic heterocycles. The summed E-state index contributed by atoms with van der Waals surface area (Å²) in [4.78, 5) is 15.0. The third-order valence-corrected chi connectivity index (χ3v) is 2.05. The van der Waals surface area contributed by atoms with Gasteiger partial charge in [-0.2, -0.15) is 5.10 Å². The fraction of sp³-hybridized carbons (Fsp3) is 0.100. The fourth-order valence-electron chi connectivity index (χ4n) is 1.33. The normalized spacial score (nSPS) is 10.3. The van der Waals surface area contributed by atoms with Crippen LogP contribution in [-0.4, -0.2) is 25.8 Å².